The van der Waals surface area contributed by atoms with E-state index in [9.17, 15) is 4.79 Å². The molecule has 0 radical (unpaired) electrons. The van der Waals surface area contributed by atoms with Crippen molar-refractivity contribution in [2.75, 3.05) is 13.7 Å². The summed E-state index contributed by atoms with van der Waals surface area (Å²) in [4.78, 5) is 14.6. The van der Waals surface area contributed by atoms with E-state index in [1.54, 1.807) is 24.2 Å². The van der Waals surface area contributed by atoms with E-state index in [1.165, 1.54) is 5.56 Å². The first-order valence-corrected chi connectivity index (χ1v) is 7.60. The van der Waals surface area contributed by atoms with Gasteiger partial charge >= 0.3 is 0 Å². The molecular weight excluding hydrogens is 278 g/mol. The molecule has 0 unspecified atom stereocenters. The van der Waals surface area contributed by atoms with Gasteiger partial charge in [0, 0.05) is 25.8 Å². The highest BCUT2D eigenvalue weighted by Gasteiger charge is 2.30. The van der Waals surface area contributed by atoms with Crippen molar-refractivity contribution >= 4 is 5.91 Å². The summed E-state index contributed by atoms with van der Waals surface area (Å²) in [6, 6.07) is 8.32. The number of hydrogen-bond acceptors (Lipinski definition) is 3. The number of carbonyl (C=O) groups is 1. The molecule has 0 bridgehead atoms. The second-order valence-corrected chi connectivity index (χ2v) is 5.75. The van der Waals surface area contributed by atoms with E-state index in [1.807, 2.05) is 30.1 Å². The summed E-state index contributed by atoms with van der Waals surface area (Å²) in [5, 5.41) is 4.09. The maximum absolute atomic E-state index is 12.6. The van der Waals surface area contributed by atoms with Crippen LogP contribution >= 0.6 is 0 Å². The zero-order chi connectivity index (χ0) is 15.5. The monoisotopic (exact) mass is 299 g/mol. The van der Waals surface area contributed by atoms with Gasteiger partial charge in [-0.3, -0.25) is 9.48 Å². The molecule has 1 atom stereocenters. The number of ether oxygens (including phenoxy) is 1. The Hall–Kier alpha value is -2.30. The molecule has 1 aliphatic rings. The fourth-order valence-corrected chi connectivity index (χ4v) is 3.08. The first-order chi connectivity index (χ1) is 10.7. The van der Waals surface area contributed by atoms with Gasteiger partial charge in [0.05, 0.1) is 18.9 Å². The fourth-order valence-electron chi connectivity index (χ4n) is 3.08. The topological polar surface area (TPSA) is 47.4 Å². The van der Waals surface area contributed by atoms with Gasteiger partial charge in [-0.15, -0.1) is 0 Å². The van der Waals surface area contributed by atoms with Gasteiger partial charge in [-0.25, -0.2) is 0 Å². The van der Waals surface area contributed by atoms with Crippen molar-refractivity contribution in [3.63, 3.8) is 0 Å². The highest BCUT2D eigenvalue weighted by Crippen LogP contribution is 2.24. The number of hydrogen-bond donors (Lipinski definition) is 0. The normalized spacial score (nSPS) is 17.7. The molecule has 2 heterocycles. The minimum atomic E-state index is 0.0819. The molecular formula is C17H21N3O2. The molecule has 5 nitrogen and oxygen atoms in total. The van der Waals surface area contributed by atoms with Crippen LogP contribution in [0, 0.1) is 0 Å². The molecule has 3 rings (SSSR count). The van der Waals surface area contributed by atoms with E-state index in [2.05, 4.69) is 11.2 Å². The number of rotatable bonds is 4. The van der Waals surface area contributed by atoms with Crippen LogP contribution < -0.4 is 4.74 Å². The molecule has 1 aromatic carbocycles. The Morgan fingerprint density at radius 2 is 2.32 bits per heavy atom. The standard InChI is InChI=1S/C17H21N3O2/c1-19-12-14(11-18-19)17(21)20-8-4-6-15(20)9-13-5-3-7-16(10-13)22-2/h3,5,7,10-12,15H,4,6,8-9H2,1-2H3/t15-/m1/s1. The van der Waals surface area contributed by atoms with Gasteiger partial charge in [-0.05, 0) is 37.0 Å². The number of methoxy groups -OCH3 is 1. The lowest BCUT2D eigenvalue weighted by molar-refractivity contribution is 0.0736. The summed E-state index contributed by atoms with van der Waals surface area (Å²) in [6.45, 7) is 0.822. The molecule has 22 heavy (non-hydrogen) atoms. The molecule has 0 N–H and O–H groups in total. The van der Waals surface area contributed by atoms with Gasteiger partial charge in [-0.1, -0.05) is 12.1 Å². The van der Waals surface area contributed by atoms with Crippen molar-refractivity contribution < 1.29 is 9.53 Å². The molecule has 1 aliphatic heterocycles. The number of nitrogens with zero attached hydrogens (tertiary/aromatic N) is 3. The lowest BCUT2D eigenvalue weighted by Crippen LogP contribution is -2.36. The van der Waals surface area contributed by atoms with Crippen molar-refractivity contribution in [2.24, 2.45) is 7.05 Å². The second-order valence-electron chi connectivity index (χ2n) is 5.75. The van der Waals surface area contributed by atoms with Crippen molar-refractivity contribution in [3.8, 4) is 5.75 Å². The summed E-state index contributed by atoms with van der Waals surface area (Å²) in [7, 11) is 3.50. The Bertz CT molecular complexity index is 665. The Morgan fingerprint density at radius 1 is 1.45 bits per heavy atom. The quantitative estimate of drug-likeness (QED) is 0.870. The first-order valence-electron chi connectivity index (χ1n) is 7.60. The average molecular weight is 299 g/mol. The first kappa shape index (κ1) is 14.6. The lowest BCUT2D eigenvalue weighted by Gasteiger charge is -2.24. The van der Waals surface area contributed by atoms with Crippen LogP contribution in [-0.2, 0) is 13.5 Å². The minimum Gasteiger partial charge on any atom is -0.497 e. The van der Waals surface area contributed by atoms with Gasteiger partial charge in [0.25, 0.3) is 5.91 Å². The third kappa shape index (κ3) is 2.98. The predicted octanol–water partition coefficient (Wildman–Crippen LogP) is 2.28. The molecule has 0 spiro atoms. The average Bonchev–Trinajstić information content (AvgIpc) is 3.16. The van der Waals surface area contributed by atoms with Gasteiger partial charge in [0.2, 0.25) is 0 Å². The number of aryl methyl sites for hydroxylation is 1. The van der Waals surface area contributed by atoms with E-state index in [4.69, 9.17) is 4.74 Å². The Balaban J connectivity index is 1.74. The molecule has 1 fully saturated rings. The van der Waals surface area contributed by atoms with Crippen molar-refractivity contribution in [2.45, 2.75) is 25.3 Å². The summed E-state index contributed by atoms with van der Waals surface area (Å²) < 4.78 is 6.94. The van der Waals surface area contributed by atoms with Crippen molar-refractivity contribution in [1.29, 1.82) is 0 Å². The summed E-state index contributed by atoms with van der Waals surface area (Å²) >= 11 is 0. The molecule has 0 aliphatic carbocycles. The van der Waals surface area contributed by atoms with Crippen LogP contribution in [0.15, 0.2) is 36.7 Å². The van der Waals surface area contributed by atoms with Crippen LogP contribution in [0.5, 0.6) is 5.75 Å². The predicted molar refractivity (Wildman–Crippen MR) is 84.0 cm³/mol. The van der Waals surface area contributed by atoms with E-state index in [0.29, 0.717) is 5.56 Å². The van der Waals surface area contributed by atoms with Gasteiger partial charge in [-0.2, -0.15) is 5.10 Å². The molecule has 1 amide bonds. The van der Waals surface area contributed by atoms with Crippen LogP contribution in [0.3, 0.4) is 0 Å². The SMILES string of the molecule is COc1cccc(C[C@H]2CCCN2C(=O)c2cnn(C)c2)c1. The van der Waals surface area contributed by atoms with Crippen LogP contribution in [0.25, 0.3) is 0 Å². The Labute approximate surface area is 130 Å². The molecule has 5 heteroatoms. The third-order valence-electron chi connectivity index (χ3n) is 4.20. The zero-order valence-electron chi connectivity index (χ0n) is 13.0. The fraction of sp³-hybridized carbons (Fsp3) is 0.412. The molecule has 1 saturated heterocycles. The molecule has 1 aromatic heterocycles. The minimum absolute atomic E-state index is 0.0819. The van der Waals surface area contributed by atoms with Crippen LogP contribution in [-0.4, -0.2) is 40.3 Å². The molecule has 2 aromatic rings. The third-order valence-corrected chi connectivity index (χ3v) is 4.20. The van der Waals surface area contributed by atoms with E-state index < -0.39 is 0 Å². The van der Waals surface area contributed by atoms with Crippen molar-refractivity contribution in [3.05, 3.63) is 47.8 Å². The lowest BCUT2D eigenvalue weighted by atomic mass is 10.0. The molecule has 116 valence electrons. The highest BCUT2D eigenvalue weighted by atomic mass is 16.5. The van der Waals surface area contributed by atoms with Crippen LogP contribution in [0.1, 0.15) is 28.8 Å². The van der Waals surface area contributed by atoms with E-state index >= 15 is 0 Å². The van der Waals surface area contributed by atoms with Gasteiger partial charge < -0.3 is 9.64 Å². The number of amides is 1. The van der Waals surface area contributed by atoms with Gasteiger partial charge in [0.1, 0.15) is 5.75 Å². The van der Waals surface area contributed by atoms with Crippen molar-refractivity contribution in [1.82, 2.24) is 14.7 Å². The molecule has 0 saturated carbocycles. The summed E-state index contributed by atoms with van der Waals surface area (Å²) in [5.74, 6) is 0.944. The van der Waals surface area contributed by atoms with Crippen LogP contribution in [0.4, 0.5) is 0 Å². The number of aromatic nitrogens is 2. The smallest absolute Gasteiger partial charge is 0.257 e. The largest absolute Gasteiger partial charge is 0.497 e. The Kier molecular flexibility index (Phi) is 4.13. The summed E-state index contributed by atoms with van der Waals surface area (Å²) in [5.41, 5.74) is 1.87. The maximum Gasteiger partial charge on any atom is 0.257 e. The van der Waals surface area contributed by atoms with Gasteiger partial charge in [0.15, 0.2) is 0 Å². The highest BCUT2D eigenvalue weighted by molar-refractivity contribution is 5.94. The number of likely N-dealkylation sites (tertiary alicyclic amines) is 1. The van der Waals surface area contributed by atoms with E-state index in [-0.39, 0.29) is 11.9 Å². The van der Waals surface area contributed by atoms with E-state index in [0.717, 1.165) is 31.6 Å². The number of benzene rings is 1. The summed E-state index contributed by atoms with van der Waals surface area (Å²) in [6.07, 6.45) is 6.39. The zero-order valence-corrected chi connectivity index (χ0v) is 13.0. The van der Waals surface area contributed by atoms with Crippen LogP contribution in [0.2, 0.25) is 0 Å². The number of carbonyl (C=O) groups excluding carboxylic acids is 1. The Morgan fingerprint density at radius 3 is 3.05 bits per heavy atom. The maximum atomic E-state index is 12.6. The second kappa shape index (κ2) is 6.22.